The van der Waals surface area contributed by atoms with E-state index in [9.17, 15) is 5.11 Å². The van der Waals surface area contributed by atoms with Gasteiger partial charge >= 0.3 is 0 Å². The number of aliphatic hydroxyl groups is 1. The highest BCUT2D eigenvalue weighted by molar-refractivity contribution is 7.15. The summed E-state index contributed by atoms with van der Waals surface area (Å²) >= 11 is 8.62. The zero-order valence-electron chi connectivity index (χ0n) is 21.3. The first kappa shape index (κ1) is 24.0. The summed E-state index contributed by atoms with van der Waals surface area (Å²) in [6.45, 7) is 3.60. The minimum Gasteiger partial charge on any atom is -0.381 e. The van der Waals surface area contributed by atoms with Gasteiger partial charge in [0.1, 0.15) is 22.6 Å². The van der Waals surface area contributed by atoms with Gasteiger partial charge in [0, 0.05) is 40.3 Å². The topological polar surface area (TPSA) is 75.8 Å². The molecule has 7 nitrogen and oxygen atoms in total. The van der Waals surface area contributed by atoms with Crippen molar-refractivity contribution in [3.8, 4) is 5.00 Å². The zero-order chi connectivity index (χ0) is 25.3. The van der Waals surface area contributed by atoms with Crippen molar-refractivity contribution in [1.82, 2.24) is 19.7 Å². The Balaban J connectivity index is 1.26. The Morgan fingerprint density at radius 2 is 2.00 bits per heavy atom. The van der Waals surface area contributed by atoms with Crippen LogP contribution >= 0.6 is 22.9 Å². The normalized spacial score (nSPS) is 22.9. The monoisotopic (exact) mass is 537 g/mol. The van der Waals surface area contributed by atoms with E-state index in [1.807, 2.05) is 36.5 Å². The molecule has 194 valence electrons. The van der Waals surface area contributed by atoms with Crippen molar-refractivity contribution in [3.63, 3.8) is 0 Å². The van der Waals surface area contributed by atoms with E-state index in [4.69, 9.17) is 21.3 Å². The zero-order valence-corrected chi connectivity index (χ0v) is 22.9. The molecule has 0 amide bonds. The molecule has 1 saturated carbocycles. The lowest BCUT2D eigenvalue weighted by molar-refractivity contribution is -0.0522. The lowest BCUT2D eigenvalue weighted by atomic mass is 9.95. The van der Waals surface area contributed by atoms with Crippen LogP contribution in [-0.2, 0) is 23.1 Å². The molecule has 2 aliphatic heterocycles. The van der Waals surface area contributed by atoms with Crippen molar-refractivity contribution < 1.29 is 9.84 Å². The number of thiophene rings is 1. The van der Waals surface area contributed by atoms with Gasteiger partial charge in [0.15, 0.2) is 5.82 Å². The smallest absolute Gasteiger partial charge is 0.166 e. The minimum absolute atomic E-state index is 0.317. The van der Waals surface area contributed by atoms with E-state index < -0.39 is 6.23 Å². The fourth-order valence-corrected chi connectivity index (χ4v) is 8.12. The maximum absolute atomic E-state index is 11.1. The summed E-state index contributed by atoms with van der Waals surface area (Å²) in [6, 6.07) is 8.44. The molecule has 1 saturated heterocycles. The SMILES string of the molecule is Cc1nnc2n1-c1sc3c(c1C(c1ccccc1Cl)=NC21CC1)C[C@H](CC(O)N(C)C1CCOCC1)C3. The average Bonchev–Trinajstić information content (AvgIpc) is 3.27. The number of ether oxygens (including phenoxy) is 1. The Morgan fingerprint density at radius 1 is 1.22 bits per heavy atom. The summed E-state index contributed by atoms with van der Waals surface area (Å²) in [5.41, 5.74) is 4.21. The van der Waals surface area contributed by atoms with Crippen molar-refractivity contribution in [2.75, 3.05) is 20.3 Å². The van der Waals surface area contributed by atoms with Crippen LogP contribution < -0.4 is 0 Å². The van der Waals surface area contributed by atoms with Gasteiger partial charge in [0.25, 0.3) is 0 Å². The molecule has 1 N–H and O–H groups in total. The maximum atomic E-state index is 11.1. The molecule has 7 rings (SSSR count). The molecule has 0 radical (unpaired) electrons. The lowest BCUT2D eigenvalue weighted by Crippen LogP contribution is -2.44. The molecule has 3 aromatic rings. The number of aliphatic hydroxyl groups excluding tert-OH is 1. The second-order valence-corrected chi connectivity index (χ2v) is 12.6. The van der Waals surface area contributed by atoms with Crippen LogP contribution in [0.25, 0.3) is 5.00 Å². The molecule has 2 aliphatic carbocycles. The summed E-state index contributed by atoms with van der Waals surface area (Å²) < 4.78 is 7.77. The number of fused-ring (bicyclic) bond motifs is 6. The highest BCUT2D eigenvalue weighted by atomic mass is 35.5. The Kier molecular flexibility index (Phi) is 5.82. The number of nitrogens with zero attached hydrogens (tertiary/aromatic N) is 5. The van der Waals surface area contributed by atoms with Gasteiger partial charge in [-0.1, -0.05) is 29.8 Å². The lowest BCUT2D eigenvalue weighted by Gasteiger charge is -2.35. The third kappa shape index (κ3) is 3.91. The quantitative estimate of drug-likeness (QED) is 0.479. The fraction of sp³-hybridized carbons (Fsp3) is 0.536. The van der Waals surface area contributed by atoms with Crippen LogP contribution in [0.1, 0.15) is 65.3 Å². The van der Waals surface area contributed by atoms with E-state index in [2.05, 4.69) is 32.8 Å². The highest BCUT2D eigenvalue weighted by Crippen LogP contribution is 2.54. The Morgan fingerprint density at radius 3 is 2.76 bits per heavy atom. The number of aromatic nitrogens is 3. The van der Waals surface area contributed by atoms with Gasteiger partial charge in [-0.25, -0.2) is 0 Å². The fourth-order valence-electron chi connectivity index (χ4n) is 6.40. The first-order chi connectivity index (χ1) is 17.9. The van der Waals surface area contributed by atoms with Crippen LogP contribution in [0.3, 0.4) is 0 Å². The third-order valence-corrected chi connectivity index (χ3v) is 10.2. The Labute approximate surface area is 226 Å². The number of aryl methyl sites for hydroxylation is 1. The number of halogens is 1. The van der Waals surface area contributed by atoms with Crippen molar-refractivity contribution >= 4 is 28.6 Å². The number of benzene rings is 1. The van der Waals surface area contributed by atoms with Crippen LogP contribution in [0.4, 0.5) is 0 Å². The van der Waals surface area contributed by atoms with E-state index in [1.54, 1.807) is 0 Å². The second kappa shape index (κ2) is 8.99. The Hall–Kier alpha value is -2.10. The summed E-state index contributed by atoms with van der Waals surface area (Å²) in [6.07, 6.45) is 6.16. The van der Waals surface area contributed by atoms with Gasteiger partial charge in [-0.05, 0) is 76.5 Å². The molecule has 4 aliphatic rings. The summed E-state index contributed by atoms with van der Waals surface area (Å²) in [7, 11) is 2.06. The second-order valence-electron chi connectivity index (χ2n) is 11.1. The van der Waals surface area contributed by atoms with E-state index in [0.717, 1.165) is 86.1 Å². The van der Waals surface area contributed by atoms with E-state index in [1.165, 1.54) is 21.0 Å². The molecular formula is C28H32ClN5O2S. The molecule has 2 atom stereocenters. The minimum atomic E-state index is -0.446. The van der Waals surface area contributed by atoms with Crippen LogP contribution in [0.2, 0.25) is 5.02 Å². The third-order valence-electron chi connectivity index (χ3n) is 8.68. The maximum Gasteiger partial charge on any atom is 0.166 e. The van der Waals surface area contributed by atoms with Gasteiger partial charge in [0.05, 0.1) is 5.71 Å². The molecule has 2 aromatic heterocycles. The number of rotatable bonds is 5. The molecule has 1 spiro atoms. The summed E-state index contributed by atoms with van der Waals surface area (Å²) in [4.78, 5) is 8.97. The van der Waals surface area contributed by atoms with Gasteiger partial charge in [-0.15, -0.1) is 21.5 Å². The Bertz CT molecular complexity index is 1390. The van der Waals surface area contributed by atoms with Crippen molar-refractivity contribution in [2.24, 2.45) is 10.9 Å². The van der Waals surface area contributed by atoms with Crippen molar-refractivity contribution in [1.29, 1.82) is 0 Å². The van der Waals surface area contributed by atoms with Crippen molar-refractivity contribution in [3.05, 3.63) is 62.5 Å². The molecule has 1 unspecified atom stereocenters. The summed E-state index contributed by atoms with van der Waals surface area (Å²) in [5, 5.41) is 22.1. The number of aliphatic imine (C=N–C) groups is 1. The molecule has 0 bridgehead atoms. The molecule has 9 heteroatoms. The highest BCUT2D eigenvalue weighted by Gasteiger charge is 2.52. The largest absolute Gasteiger partial charge is 0.381 e. The standard InChI is InChI=1S/C28H32ClN5O2S/c1-16-31-32-27-28(9-10-28)30-25(19-5-3-4-6-21(19)29)24-20-13-17(14-22(20)37-26(24)34(16)27)15-23(35)33(2)18-7-11-36-12-8-18/h3-6,17-18,23,35H,7-15H2,1-2H3/t17-,23?/m0/s1. The van der Waals surface area contributed by atoms with Gasteiger partial charge < -0.3 is 9.84 Å². The summed E-state index contributed by atoms with van der Waals surface area (Å²) in [5.74, 6) is 2.26. The molecule has 1 aromatic carbocycles. The van der Waals surface area contributed by atoms with Crippen molar-refractivity contribution in [2.45, 2.75) is 69.7 Å². The van der Waals surface area contributed by atoms with E-state index in [0.29, 0.717) is 12.0 Å². The van der Waals surface area contributed by atoms with Crippen LogP contribution in [0.15, 0.2) is 29.3 Å². The van der Waals surface area contributed by atoms with Crippen LogP contribution in [0.5, 0.6) is 0 Å². The first-order valence-corrected chi connectivity index (χ1v) is 14.5. The molecule has 4 heterocycles. The molecule has 37 heavy (non-hydrogen) atoms. The predicted molar refractivity (Wildman–Crippen MR) is 145 cm³/mol. The van der Waals surface area contributed by atoms with Gasteiger partial charge in [-0.3, -0.25) is 14.5 Å². The molecular weight excluding hydrogens is 506 g/mol. The predicted octanol–water partition coefficient (Wildman–Crippen LogP) is 4.66. The first-order valence-electron chi connectivity index (χ1n) is 13.4. The average molecular weight is 538 g/mol. The van der Waals surface area contributed by atoms with Gasteiger partial charge in [0.2, 0.25) is 0 Å². The van der Waals surface area contributed by atoms with Gasteiger partial charge in [-0.2, -0.15) is 0 Å². The number of hydrogen-bond donors (Lipinski definition) is 1. The molecule has 2 fully saturated rings. The van der Waals surface area contributed by atoms with Crippen LogP contribution in [-0.4, -0.2) is 63.0 Å². The van der Waals surface area contributed by atoms with E-state index >= 15 is 0 Å². The number of hydrogen-bond acceptors (Lipinski definition) is 7. The van der Waals surface area contributed by atoms with Crippen LogP contribution in [0, 0.1) is 12.8 Å². The van der Waals surface area contributed by atoms with E-state index in [-0.39, 0.29) is 5.54 Å².